The number of nitrogens with zero attached hydrogens (tertiary/aromatic N) is 4. The second-order valence-corrected chi connectivity index (χ2v) is 7.79. The third kappa shape index (κ3) is 3.43. The third-order valence-corrected chi connectivity index (χ3v) is 4.89. The zero-order valence-corrected chi connectivity index (χ0v) is 14.8. The molecule has 1 atom stereocenters. The van der Waals surface area contributed by atoms with Crippen molar-refractivity contribution in [1.29, 1.82) is 0 Å². The van der Waals surface area contributed by atoms with Crippen LogP contribution < -0.4 is 5.32 Å². The lowest BCUT2D eigenvalue weighted by Crippen LogP contribution is -2.49. The normalized spacial score (nSPS) is 23.5. The Balaban J connectivity index is 1.72. The SMILES string of the molecule is Cn1cc(C(=O)N2CCC(N3CCNCC3)C2)c(C(C)(C)C)n1. The van der Waals surface area contributed by atoms with Crippen LogP contribution in [0.1, 0.15) is 43.2 Å². The van der Waals surface area contributed by atoms with Gasteiger partial charge in [0.05, 0.1) is 11.3 Å². The smallest absolute Gasteiger partial charge is 0.257 e. The van der Waals surface area contributed by atoms with Gasteiger partial charge in [-0.2, -0.15) is 5.10 Å². The average Bonchev–Trinajstić information content (AvgIpc) is 3.13. The van der Waals surface area contributed by atoms with E-state index in [0.29, 0.717) is 6.04 Å². The molecule has 0 radical (unpaired) electrons. The van der Waals surface area contributed by atoms with Gasteiger partial charge in [0.15, 0.2) is 0 Å². The number of carbonyl (C=O) groups is 1. The Kier molecular flexibility index (Phi) is 4.47. The van der Waals surface area contributed by atoms with Crippen LogP contribution in [0.2, 0.25) is 0 Å². The Morgan fingerprint density at radius 1 is 1.26 bits per heavy atom. The number of hydrogen-bond acceptors (Lipinski definition) is 4. The molecule has 6 heteroatoms. The van der Waals surface area contributed by atoms with Gasteiger partial charge in [-0.05, 0) is 6.42 Å². The van der Waals surface area contributed by atoms with Gasteiger partial charge in [-0.25, -0.2) is 0 Å². The second kappa shape index (κ2) is 6.24. The van der Waals surface area contributed by atoms with Gasteiger partial charge in [0.25, 0.3) is 5.91 Å². The second-order valence-electron chi connectivity index (χ2n) is 7.79. The summed E-state index contributed by atoms with van der Waals surface area (Å²) in [5.74, 6) is 0.139. The first kappa shape index (κ1) is 16.5. The summed E-state index contributed by atoms with van der Waals surface area (Å²) in [4.78, 5) is 17.5. The van der Waals surface area contributed by atoms with Crippen molar-refractivity contribution in [3.8, 4) is 0 Å². The fraction of sp³-hybridized carbons (Fsp3) is 0.765. The first-order chi connectivity index (χ1) is 10.9. The van der Waals surface area contributed by atoms with Crippen LogP contribution in [0.5, 0.6) is 0 Å². The predicted molar refractivity (Wildman–Crippen MR) is 90.7 cm³/mol. The maximum absolute atomic E-state index is 13.0. The molecular weight excluding hydrogens is 290 g/mol. The monoisotopic (exact) mass is 319 g/mol. The van der Waals surface area contributed by atoms with Crippen molar-refractivity contribution in [3.63, 3.8) is 0 Å². The number of rotatable bonds is 2. The van der Waals surface area contributed by atoms with Crippen LogP contribution in [-0.2, 0) is 12.5 Å². The van der Waals surface area contributed by atoms with Gasteiger partial charge < -0.3 is 10.2 Å². The van der Waals surface area contributed by atoms with E-state index in [4.69, 9.17) is 0 Å². The molecule has 0 aromatic carbocycles. The van der Waals surface area contributed by atoms with Gasteiger partial charge in [-0.3, -0.25) is 14.4 Å². The summed E-state index contributed by atoms with van der Waals surface area (Å²) < 4.78 is 1.76. The number of hydrogen-bond donors (Lipinski definition) is 1. The van der Waals surface area contributed by atoms with Crippen LogP contribution in [0.15, 0.2) is 6.20 Å². The highest BCUT2D eigenvalue weighted by Crippen LogP contribution is 2.26. The number of likely N-dealkylation sites (tertiary alicyclic amines) is 1. The number of aryl methyl sites for hydroxylation is 1. The molecule has 0 aliphatic carbocycles. The number of aromatic nitrogens is 2. The van der Waals surface area contributed by atoms with Crippen molar-refractivity contribution >= 4 is 5.91 Å². The highest BCUT2D eigenvalue weighted by molar-refractivity contribution is 5.95. The molecule has 23 heavy (non-hydrogen) atoms. The Labute approximate surface area is 138 Å². The molecule has 1 unspecified atom stereocenters. The lowest BCUT2D eigenvalue weighted by molar-refractivity contribution is 0.0771. The third-order valence-electron chi connectivity index (χ3n) is 4.89. The molecular formula is C17H29N5O. The van der Waals surface area contributed by atoms with Gasteiger partial charge >= 0.3 is 0 Å². The first-order valence-corrected chi connectivity index (χ1v) is 8.64. The van der Waals surface area contributed by atoms with E-state index in [1.807, 2.05) is 18.1 Å². The summed E-state index contributed by atoms with van der Waals surface area (Å²) >= 11 is 0. The minimum atomic E-state index is -0.121. The number of nitrogens with one attached hydrogen (secondary N) is 1. The highest BCUT2D eigenvalue weighted by atomic mass is 16.2. The fourth-order valence-electron chi connectivity index (χ4n) is 3.64. The van der Waals surface area contributed by atoms with Crippen LogP contribution in [0.4, 0.5) is 0 Å². The van der Waals surface area contributed by atoms with Crippen molar-refractivity contribution in [2.45, 2.75) is 38.6 Å². The Bertz CT molecular complexity index is 568. The maximum atomic E-state index is 13.0. The van der Waals surface area contributed by atoms with Crippen molar-refractivity contribution in [1.82, 2.24) is 24.9 Å². The van der Waals surface area contributed by atoms with Crippen LogP contribution in [-0.4, -0.2) is 70.8 Å². The van der Waals surface area contributed by atoms with Gasteiger partial charge in [-0.15, -0.1) is 0 Å². The van der Waals surface area contributed by atoms with E-state index in [-0.39, 0.29) is 11.3 Å². The Hall–Kier alpha value is -1.40. The van der Waals surface area contributed by atoms with Crippen molar-refractivity contribution in [2.24, 2.45) is 7.05 Å². The molecule has 3 heterocycles. The Morgan fingerprint density at radius 3 is 2.61 bits per heavy atom. The van der Waals surface area contributed by atoms with Gasteiger partial charge in [0, 0.05) is 64.0 Å². The summed E-state index contributed by atoms with van der Waals surface area (Å²) in [6, 6.07) is 0.510. The minimum Gasteiger partial charge on any atom is -0.337 e. The molecule has 1 N–H and O–H groups in total. The fourth-order valence-corrected chi connectivity index (χ4v) is 3.64. The van der Waals surface area contributed by atoms with Crippen molar-refractivity contribution in [2.75, 3.05) is 39.3 Å². The quantitative estimate of drug-likeness (QED) is 0.878. The van der Waals surface area contributed by atoms with E-state index in [0.717, 1.165) is 56.9 Å². The molecule has 2 aliphatic rings. The maximum Gasteiger partial charge on any atom is 0.257 e. The minimum absolute atomic E-state index is 0.121. The topological polar surface area (TPSA) is 53.4 Å². The molecule has 128 valence electrons. The molecule has 0 spiro atoms. The summed E-state index contributed by atoms with van der Waals surface area (Å²) in [6.45, 7) is 12.3. The van der Waals surface area contributed by atoms with E-state index >= 15 is 0 Å². The molecule has 1 aromatic heterocycles. The molecule has 1 amide bonds. The zero-order valence-electron chi connectivity index (χ0n) is 14.8. The van der Waals surface area contributed by atoms with Crippen LogP contribution in [0.25, 0.3) is 0 Å². The van der Waals surface area contributed by atoms with Crippen LogP contribution in [0.3, 0.4) is 0 Å². The molecule has 3 rings (SSSR count). The average molecular weight is 319 g/mol. The molecule has 2 aliphatic heterocycles. The predicted octanol–water partition coefficient (Wildman–Crippen LogP) is 0.837. The van der Waals surface area contributed by atoms with Crippen LogP contribution >= 0.6 is 0 Å². The van der Waals surface area contributed by atoms with Gasteiger partial charge in [0.2, 0.25) is 0 Å². The van der Waals surface area contributed by atoms with Gasteiger partial charge in [0.1, 0.15) is 0 Å². The molecule has 1 aromatic rings. The van der Waals surface area contributed by atoms with Crippen LogP contribution in [0, 0.1) is 0 Å². The number of piperazine rings is 1. The molecule has 0 saturated carbocycles. The lowest BCUT2D eigenvalue weighted by Gasteiger charge is -2.32. The Morgan fingerprint density at radius 2 is 1.96 bits per heavy atom. The first-order valence-electron chi connectivity index (χ1n) is 8.64. The summed E-state index contributed by atoms with van der Waals surface area (Å²) in [5, 5.41) is 7.93. The molecule has 2 fully saturated rings. The summed E-state index contributed by atoms with van der Waals surface area (Å²) in [7, 11) is 1.89. The van der Waals surface area contributed by atoms with E-state index in [1.165, 1.54) is 0 Å². The summed E-state index contributed by atoms with van der Waals surface area (Å²) in [6.07, 6.45) is 2.96. The molecule has 2 saturated heterocycles. The van der Waals surface area contributed by atoms with Crippen molar-refractivity contribution in [3.05, 3.63) is 17.5 Å². The standard InChI is InChI=1S/C17H29N5O/c1-17(2,3)15-14(12-20(4)19-15)16(23)22-8-5-13(11-22)21-9-6-18-7-10-21/h12-13,18H,5-11H2,1-4H3. The lowest BCUT2D eigenvalue weighted by atomic mass is 9.89. The zero-order chi connectivity index (χ0) is 16.6. The molecule has 6 nitrogen and oxygen atoms in total. The van der Waals surface area contributed by atoms with Crippen molar-refractivity contribution < 1.29 is 4.79 Å². The molecule has 0 bridgehead atoms. The van der Waals surface area contributed by atoms with E-state index in [1.54, 1.807) is 4.68 Å². The van der Waals surface area contributed by atoms with E-state index in [9.17, 15) is 4.79 Å². The van der Waals surface area contributed by atoms with Gasteiger partial charge in [-0.1, -0.05) is 20.8 Å². The van der Waals surface area contributed by atoms with E-state index < -0.39 is 0 Å². The highest BCUT2D eigenvalue weighted by Gasteiger charge is 2.34. The number of amides is 1. The summed E-state index contributed by atoms with van der Waals surface area (Å²) in [5.41, 5.74) is 1.54. The number of carbonyl (C=O) groups excluding carboxylic acids is 1. The largest absolute Gasteiger partial charge is 0.337 e. The van der Waals surface area contributed by atoms with E-state index in [2.05, 4.69) is 36.1 Å².